The van der Waals surface area contributed by atoms with Gasteiger partial charge in [-0.15, -0.1) is 0 Å². The van der Waals surface area contributed by atoms with Crippen LogP contribution in [0.4, 0.5) is 0 Å². The highest BCUT2D eigenvalue weighted by Crippen LogP contribution is 2.14. The van der Waals surface area contributed by atoms with Crippen LogP contribution in [0.15, 0.2) is 36.1 Å². The van der Waals surface area contributed by atoms with Crippen molar-refractivity contribution in [2.45, 2.75) is 0 Å². The molecule has 0 fully saturated rings. The van der Waals surface area contributed by atoms with Crippen LogP contribution in [0.25, 0.3) is 0 Å². The summed E-state index contributed by atoms with van der Waals surface area (Å²) in [7, 11) is 0. The summed E-state index contributed by atoms with van der Waals surface area (Å²) in [5.74, 6) is 1.00. The smallest absolute Gasteiger partial charge is 0.133 e. The molecule has 0 unspecified atom stereocenters. The summed E-state index contributed by atoms with van der Waals surface area (Å²) in [4.78, 5) is 2.06. The van der Waals surface area contributed by atoms with Gasteiger partial charge in [0.15, 0.2) is 0 Å². The molecule has 10 heavy (non-hydrogen) atoms. The van der Waals surface area contributed by atoms with Gasteiger partial charge in [0.1, 0.15) is 5.82 Å². The summed E-state index contributed by atoms with van der Waals surface area (Å²) in [6.45, 7) is 0.916. The van der Waals surface area contributed by atoms with Crippen molar-refractivity contribution in [2.75, 3.05) is 6.54 Å². The summed E-state index contributed by atoms with van der Waals surface area (Å²) in [5.41, 5.74) is 6.47. The molecule has 0 spiro atoms. The van der Waals surface area contributed by atoms with E-state index in [9.17, 15) is 0 Å². The molecule has 0 amide bonds. The van der Waals surface area contributed by atoms with E-state index in [0.29, 0.717) is 0 Å². The number of allylic oxidation sites excluding steroid dienone is 1. The fraction of sp³-hybridized carbons (Fsp3) is 0.143. The lowest BCUT2D eigenvalue weighted by Crippen LogP contribution is -2.25. The summed E-state index contributed by atoms with van der Waals surface area (Å²) in [6.07, 6.45) is 7.82. The molecule has 52 valence electrons. The first kappa shape index (κ1) is 5.41. The normalized spacial score (nSPS) is 21.4. The summed E-state index contributed by atoms with van der Waals surface area (Å²) in [5, 5.41) is 3.06. The predicted molar refractivity (Wildman–Crippen MR) is 39.3 cm³/mol. The minimum absolute atomic E-state index is 0.802. The molecule has 0 aromatic carbocycles. The maximum Gasteiger partial charge on any atom is 0.133 e. The van der Waals surface area contributed by atoms with Gasteiger partial charge in [-0.25, -0.2) is 0 Å². The van der Waals surface area contributed by atoms with E-state index in [2.05, 4.69) is 10.2 Å². The minimum Gasteiger partial charge on any atom is -0.396 e. The van der Waals surface area contributed by atoms with E-state index in [0.717, 1.165) is 18.1 Å². The van der Waals surface area contributed by atoms with Crippen LogP contribution in [-0.2, 0) is 0 Å². The van der Waals surface area contributed by atoms with Gasteiger partial charge in [-0.1, -0.05) is 6.08 Å². The third-order valence-electron chi connectivity index (χ3n) is 1.63. The molecule has 0 aliphatic carbocycles. The van der Waals surface area contributed by atoms with Gasteiger partial charge < -0.3 is 16.0 Å². The second-order valence-electron chi connectivity index (χ2n) is 2.32. The van der Waals surface area contributed by atoms with Crippen molar-refractivity contribution < 1.29 is 0 Å². The van der Waals surface area contributed by atoms with Crippen LogP contribution in [0.5, 0.6) is 0 Å². The molecule has 0 radical (unpaired) electrons. The van der Waals surface area contributed by atoms with E-state index >= 15 is 0 Å². The van der Waals surface area contributed by atoms with Gasteiger partial charge in [-0.2, -0.15) is 0 Å². The number of hydrogen-bond acceptors (Lipinski definition) is 3. The number of hydrogen-bond donors (Lipinski definition) is 2. The van der Waals surface area contributed by atoms with Gasteiger partial charge >= 0.3 is 0 Å². The van der Waals surface area contributed by atoms with E-state index in [4.69, 9.17) is 5.73 Å². The average molecular weight is 135 g/mol. The Hall–Kier alpha value is -1.38. The topological polar surface area (TPSA) is 41.3 Å². The van der Waals surface area contributed by atoms with Gasteiger partial charge in [-0.3, -0.25) is 0 Å². The number of nitrogens with two attached hydrogens (primary N) is 1. The Bertz CT molecular complexity index is 237. The van der Waals surface area contributed by atoms with Gasteiger partial charge in [0.25, 0.3) is 0 Å². The van der Waals surface area contributed by atoms with E-state index in [1.54, 1.807) is 0 Å². The molecule has 3 N–H and O–H groups in total. The largest absolute Gasteiger partial charge is 0.396 e. The van der Waals surface area contributed by atoms with Crippen LogP contribution in [0.3, 0.4) is 0 Å². The van der Waals surface area contributed by atoms with Crippen molar-refractivity contribution in [1.29, 1.82) is 0 Å². The summed E-state index contributed by atoms with van der Waals surface area (Å²) in [6, 6.07) is 0. The first-order valence-electron chi connectivity index (χ1n) is 3.24. The molecule has 2 aliphatic heterocycles. The van der Waals surface area contributed by atoms with Gasteiger partial charge in [0, 0.05) is 18.9 Å². The van der Waals surface area contributed by atoms with Crippen LogP contribution in [0, 0.1) is 0 Å². The van der Waals surface area contributed by atoms with E-state index in [-0.39, 0.29) is 0 Å². The molecule has 0 saturated heterocycles. The lowest BCUT2D eigenvalue weighted by Gasteiger charge is -2.20. The fourth-order valence-electron chi connectivity index (χ4n) is 1.14. The first-order valence-corrected chi connectivity index (χ1v) is 3.24. The number of nitrogens with one attached hydrogen (secondary N) is 1. The number of rotatable bonds is 0. The van der Waals surface area contributed by atoms with E-state index in [1.165, 1.54) is 0 Å². The fourth-order valence-corrected chi connectivity index (χ4v) is 1.14. The van der Waals surface area contributed by atoms with Gasteiger partial charge in [0.05, 0.1) is 5.70 Å². The zero-order valence-electron chi connectivity index (χ0n) is 5.54. The molecule has 0 aromatic rings. The van der Waals surface area contributed by atoms with Crippen LogP contribution in [0.1, 0.15) is 0 Å². The zero-order chi connectivity index (χ0) is 6.97. The highest BCUT2D eigenvalue weighted by atomic mass is 15.3. The quantitative estimate of drug-likeness (QED) is 0.493. The second-order valence-corrected chi connectivity index (χ2v) is 2.32. The second kappa shape index (κ2) is 1.80. The maximum atomic E-state index is 5.67. The van der Waals surface area contributed by atoms with Crippen LogP contribution < -0.4 is 11.1 Å². The Labute approximate surface area is 59.5 Å². The Kier molecular flexibility index (Phi) is 0.974. The SMILES string of the molecule is NC1=C2NC=CN2CC=C1. The molecule has 0 atom stereocenters. The van der Waals surface area contributed by atoms with Crippen molar-refractivity contribution in [3.05, 3.63) is 36.1 Å². The third kappa shape index (κ3) is 0.603. The highest BCUT2D eigenvalue weighted by molar-refractivity contribution is 5.30. The van der Waals surface area contributed by atoms with Crippen molar-refractivity contribution in [2.24, 2.45) is 5.73 Å². The Morgan fingerprint density at radius 1 is 1.60 bits per heavy atom. The van der Waals surface area contributed by atoms with Crippen LogP contribution in [0.2, 0.25) is 0 Å². The van der Waals surface area contributed by atoms with E-state index in [1.807, 2.05) is 24.6 Å². The number of fused-ring (bicyclic) bond motifs is 1. The molecule has 2 rings (SSSR count). The van der Waals surface area contributed by atoms with Crippen LogP contribution >= 0.6 is 0 Å². The molecule has 0 aromatic heterocycles. The van der Waals surface area contributed by atoms with Gasteiger partial charge in [-0.05, 0) is 6.08 Å². The molecular formula is C7H9N3. The van der Waals surface area contributed by atoms with Gasteiger partial charge in [0.2, 0.25) is 0 Å². The zero-order valence-corrected chi connectivity index (χ0v) is 5.54. The standard InChI is InChI=1S/C7H9N3/c8-6-2-1-4-10-5-3-9-7(6)10/h1-3,5,9H,4,8H2. The van der Waals surface area contributed by atoms with Crippen molar-refractivity contribution in [1.82, 2.24) is 10.2 Å². The van der Waals surface area contributed by atoms with Crippen molar-refractivity contribution in [3.63, 3.8) is 0 Å². The predicted octanol–water partition coefficient (Wildman–Crippen LogP) is 0.0604. The molecule has 3 nitrogen and oxygen atoms in total. The maximum absolute atomic E-state index is 5.67. The third-order valence-corrected chi connectivity index (χ3v) is 1.63. The number of nitrogens with zero attached hydrogens (tertiary/aromatic N) is 1. The van der Waals surface area contributed by atoms with E-state index < -0.39 is 0 Å². The molecule has 0 saturated carbocycles. The monoisotopic (exact) mass is 135 g/mol. The lowest BCUT2D eigenvalue weighted by molar-refractivity contribution is 0.504. The minimum atomic E-state index is 0.802. The highest BCUT2D eigenvalue weighted by Gasteiger charge is 2.14. The van der Waals surface area contributed by atoms with Crippen LogP contribution in [-0.4, -0.2) is 11.4 Å². The summed E-state index contributed by atoms with van der Waals surface area (Å²) < 4.78 is 0. The average Bonchev–Trinajstić information content (AvgIpc) is 2.36. The molecule has 0 bridgehead atoms. The lowest BCUT2D eigenvalue weighted by atomic mass is 10.3. The molecule has 3 heteroatoms. The molecular weight excluding hydrogens is 126 g/mol. The summed E-state index contributed by atoms with van der Waals surface area (Å²) >= 11 is 0. The Balaban J connectivity index is 2.38. The Morgan fingerprint density at radius 2 is 2.50 bits per heavy atom. The Morgan fingerprint density at radius 3 is 3.30 bits per heavy atom. The molecule has 2 heterocycles. The first-order chi connectivity index (χ1) is 4.88. The molecule has 2 aliphatic rings. The van der Waals surface area contributed by atoms with Crippen molar-refractivity contribution in [3.8, 4) is 0 Å². The van der Waals surface area contributed by atoms with Crippen molar-refractivity contribution >= 4 is 0 Å².